The van der Waals surface area contributed by atoms with Gasteiger partial charge in [0.1, 0.15) is 5.75 Å². The first-order chi connectivity index (χ1) is 9.03. The van der Waals surface area contributed by atoms with Gasteiger partial charge in [0.25, 0.3) is 0 Å². The molecule has 1 aromatic rings. The zero-order valence-corrected chi connectivity index (χ0v) is 11.6. The Morgan fingerprint density at radius 1 is 1.16 bits per heavy atom. The highest BCUT2D eigenvalue weighted by Gasteiger charge is 2.13. The van der Waals surface area contributed by atoms with Crippen molar-refractivity contribution in [3.8, 4) is 17.2 Å². The van der Waals surface area contributed by atoms with Gasteiger partial charge in [-0.1, -0.05) is 0 Å². The minimum atomic E-state index is -0.419. The van der Waals surface area contributed by atoms with Crippen LogP contribution in [0.25, 0.3) is 0 Å². The maximum atomic E-state index is 11.0. The molecule has 1 rings (SSSR count). The van der Waals surface area contributed by atoms with E-state index in [1.807, 2.05) is 0 Å². The molecule has 0 aliphatic carbocycles. The third kappa shape index (κ3) is 3.75. The SMILES string of the molecule is COc1cc(OC)c(OC)cc1CNC(C)C(N)=O. The molecule has 1 atom stereocenters. The normalized spacial score (nSPS) is 11.8. The standard InChI is InChI=1S/C13H20N2O4/c1-8(13(14)16)15-7-9-5-11(18-3)12(19-4)6-10(9)17-2/h5-6,8,15H,7H2,1-4H3,(H2,14,16). The van der Waals surface area contributed by atoms with Crippen LogP contribution in [0.2, 0.25) is 0 Å². The Bertz CT molecular complexity index is 449. The molecule has 1 unspecified atom stereocenters. The van der Waals surface area contributed by atoms with Gasteiger partial charge < -0.3 is 25.3 Å². The van der Waals surface area contributed by atoms with E-state index in [-0.39, 0.29) is 0 Å². The molecule has 0 fully saturated rings. The number of nitrogens with one attached hydrogen (secondary N) is 1. The Morgan fingerprint density at radius 2 is 1.68 bits per heavy atom. The molecule has 106 valence electrons. The van der Waals surface area contributed by atoms with E-state index >= 15 is 0 Å². The Kier molecular flexibility index (Phi) is 5.44. The molecule has 0 aliphatic heterocycles. The van der Waals surface area contributed by atoms with E-state index in [0.717, 1.165) is 5.56 Å². The summed E-state index contributed by atoms with van der Waals surface area (Å²) in [5.41, 5.74) is 6.05. The van der Waals surface area contributed by atoms with Crippen LogP contribution < -0.4 is 25.3 Å². The highest BCUT2D eigenvalue weighted by molar-refractivity contribution is 5.79. The Hall–Kier alpha value is -1.95. The molecule has 0 aliphatic rings. The number of nitrogens with two attached hydrogens (primary N) is 1. The van der Waals surface area contributed by atoms with Crippen LogP contribution in [0.4, 0.5) is 0 Å². The summed E-state index contributed by atoms with van der Waals surface area (Å²) < 4.78 is 15.7. The smallest absolute Gasteiger partial charge is 0.234 e. The lowest BCUT2D eigenvalue weighted by Gasteiger charge is -2.16. The van der Waals surface area contributed by atoms with E-state index in [2.05, 4.69) is 5.32 Å². The van der Waals surface area contributed by atoms with Crippen molar-refractivity contribution in [2.24, 2.45) is 5.73 Å². The van der Waals surface area contributed by atoms with Gasteiger partial charge in [0, 0.05) is 18.2 Å². The summed E-state index contributed by atoms with van der Waals surface area (Å²) in [4.78, 5) is 11.0. The summed E-state index contributed by atoms with van der Waals surface area (Å²) in [6.07, 6.45) is 0. The van der Waals surface area contributed by atoms with Crippen molar-refractivity contribution in [1.29, 1.82) is 0 Å². The van der Waals surface area contributed by atoms with Crippen LogP contribution in [0, 0.1) is 0 Å². The molecule has 0 aromatic heterocycles. The Morgan fingerprint density at radius 3 is 2.16 bits per heavy atom. The number of amides is 1. The second-order valence-corrected chi connectivity index (χ2v) is 4.02. The number of hydrogen-bond donors (Lipinski definition) is 2. The molecule has 0 heterocycles. The zero-order chi connectivity index (χ0) is 14.4. The molecule has 0 saturated carbocycles. The van der Waals surface area contributed by atoms with E-state index in [4.69, 9.17) is 19.9 Å². The molecule has 0 saturated heterocycles. The second kappa shape index (κ2) is 6.84. The van der Waals surface area contributed by atoms with E-state index in [0.29, 0.717) is 23.8 Å². The third-order valence-electron chi connectivity index (χ3n) is 2.81. The van der Waals surface area contributed by atoms with Crippen LogP contribution in [0.1, 0.15) is 12.5 Å². The summed E-state index contributed by atoms with van der Waals surface area (Å²) in [7, 11) is 4.69. The van der Waals surface area contributed by atoms with Crippen LogP contribution in [-0.4, -0.2) is 33.3 Å². The van der Waals surface area contributed by atoms with Crippen molar-refractivity contribution in [2.45, 2.75) is 19.5 Å². The Balaban J connectivity index is 2.95. The van der Waals surface area contributed by atoms with Crippen LogP contribution in [-0.2, 0) is 11.3 Å². The van der Waals surface area contributed by atoms with Gasteiger partial charge >= 0.3 is 0 Å². The van der Waals surface area contributed by atoms with Crippen LogP contribution in [0.3, 0.4) is 0 Å². The van der Waals surface area contributed by atoms with E-state index in [9.17, 15) is 4.79 Å². The maximum Gasteiger partial charge on any atom is 0.234 e. The predicted octanol–water partition coefficient (Wildman–Crippen LogP) is 0.676. The molecular formula is C13H20N2O4. The van der Waals surface area contributed by atoms with Crippen molar-refractivity contribution >= 4 is 5.91 Å². The Labute approximate surface area is 112 Å². The van der Waals surface area contributed by atoms with Gasteiger partial charge in [0.2, 0.25) is 5.91 Å². The van der Waals surface area contributed by atoms with Gasteiger partial charge in [-0.2, -0.15) is 0 Å². The average Bonchev–Trinajstić information content (AvgIpc) is 2.43. The zero-order valence-electron chi connectivity index (χ0n) is 11.6. The molecule has 19 heavy (non-hydrogen) atoms. The maximum absolute atomic E-state index is 11.0. The van der Waals surface area contributed by atoms with Gasteiger partial charge in [-0.15, -0.1) is 0 Å². The predicted molar refractivity (Wildman–Crippen MR) is 71.6 cm³/mol. The number of carbonyl (C=O) groups excluding carboxylic acids is 1. The summed E-state index contributed by atoms with van der Waals surface area (Å²) in [5, 5.41) is 3.01. The fraction of sp³-hybridized carbons (Fsp3) is 0.462. The molecule has 0 bridgehead atoms. The lowest BCUT2D eigenvalue weighted by atomic mass is 10.1. The van der Waals surface area contributed by atoms with Crippen molar-refractivity contribution in [2.75, 3.05) is 21.3 Å². The van der Waals surface area contributed by atoms with Gasteiger partial charge in [0.15, 0.2) is 11.5 Å². The van der Waals surface area contributed by atoms with Crippen molar-refractivity contribution < 1.29 is 19.0 Å². The number of primary amides is 1. The van der Waals surface area contributed by atoms with Crippen molar-refractivity contribution in [3.05, 3.63) is 17.7 Å². The number of carbonyl (C=O) groups is 1. The molecule has 0 radical (unpaired) electrons. The highest BCUT2D eigenvalue weighted by atomic mass is 16.5. The first kappa shape index (κ1) is 15.1. The summed E-state index contributed by atoms with van der Waals surface area (Å²) in [5.74, 6) is 1.44. The molecule has 3 N–H and O–H groups in total. The largest absolute Gasteiger partial charge is 0.496 e. The number of ether oxygens (including phenoxy) is 3. The third-order valence-corrected chi connectivity index (χ3v) is 2.81. The minimum Gasteiger partial charge on any atom is -0.496 e. The van der Waals surface area contributed by atoms with Gasteiger partial charge in [-0.3, -0.25) is 4.79 Å². The fourth-order valence-electron chi connectivity index (χ4n) is 1.59. The second-order valence-electron chi connectivity index (χ2n) is 4.02. The first-order valence-electron chi connectivity index (χ1n) is 5.85. The average molecular weight is 268 g/mol. The van der Waals surface area contributed by atoms with Crippen molar-refractivity contribution in [3.63, 3.8) is 0 Å². The minimum absolute atomic E-state index is 0.403. The number of hydrogen-bond acceptors (Lipinski definition) is 5. The lowest BCUT2D eigenvalue weighted by Crippen LogP contribution is -2.38. The van der Waals surface area contributed by atoms with E-state index in [1.165, 1.54) is 0 Å². The molecule has 0 spiro atoms. The number of methoxy groups -OCH3 is 3. The summed E-state index contributed by atoms with van der Waals surface area (Å²) in [6, 6.07) is 3.13. The topological polar surface area (TPSA) is 82.8 Å². The molecule has 1 amide bonds. The van der Waals surface area contributed by atoms with Gasteiger partial charge in [-0.25, -0.2) is 0 Å². The van der Waals surface area contributed by atoms with Crippen LogP contribution >= 0.6 is 0 Å². The lowest BCUT2D eigenvalue weighted by molar-refractivity contribution is -0.119. The fourth-order valence-corrected chi connectivity index (χ4v) is 1.59. The van der Waals surface area contributed by atoms with Crippen molar-refractivity contribution in [1.82, 2.24) is 5.32 Å². The highest BCUT2D eigenvalue weighted by Crippen LogP contribution is 2.34. The summed E-state index contributed by atoms with van der Waals surface area (Å²) in [6.45, 7) is 2.14. The first-order valence-corrected chi connectivity index (χ1v) is 5.85. The molecule has 1 aromatic carbocycles. The van der Waals surface area contributed by atoms with E-state index in [1.54, 1.807) is 40.4 Å². The molecule has 6 heteroatoms. The monoisotopic (exact) mass is 268 g/mol. The van der Waals surface area contributed by atoms with Crippen LogP contribution in [0.15, 0.2) is 12.1 Å². The number of rotatable bonds is 7. The molecule has 6 nitrogen and oxygen atoms in total. The van der Waals surface area contributed by atoms with Gasteiger partial charge in [-0.05, 0) is 13.0 Å². The summed E-state index contributed by atoms with van der Waals surface area (Å²) >= 11 is 0. The van der Waals surface area contributed by atoms with Crippen LogP contribution in [0.5, 0.6) is 17.2 Å². The van der Waals surface area contributed by atoms with Gasteiger partial charge in [0.05, 0.1) is 27.4 Å². The van der Waals surface area contributed by atoms with E-state index < -0.39 is 11.9 Å². The molecular weight excluding hydrogens is 248 g/mol. The quantitative estimate of drug-likeness (QED) is 0.759. The number of benzene rings is 1.